The fourth-order valence-electron chi connectivity index (χ4n) is 3.11. The second-order valence-corrected chi connectivity index (χ2v) is 6.13. The van der Waals surface area contributed by atoms with Gasteiger partial charge in [-0.05, 0) is 31.9 Å². The molecule has 1 aromatic heterocycles. The number of aromatic nitrogens is 2. The number of aryl methyl sites for hydroxylation is 1. The quantitative estimate of drug-likeness (QED) is 0.796. The van der Waals surface area contributed by atoms with Crippen LogP contribution in [-0.2, 0) is 0 Å². The molecule has 0 saturated carbocycles. The predicted octanol–water partition coefficient (Wildman–Crippen LogP) is 3.10. The lowest BCUT2D eigenvalue weighted by molar-refractivity contribution is 0.0946. The Hall–Kier alpha value is -1.94. The molecule has 1 aliphatic rings. The molecule has 22 heavy (non-hydrogen) atoms. The van der Waals surface area contributed by atoms with Gasteiger partial charge in [-0.2, -0.15) is 5.10 Å². The molecule has 4 heteroatoms. The Morgan fingerprint density at radius 3 is 2.86 bits per heavy atom. The highest BCUT2D eigenvalue weighted by Gasteiger charge is 2.22. The number of benzene rings is 1. The SMILES string of the molecule is Cc1cnn(C2CCCN(CCC(=O)c3ccccc3)C2)c1. The first-order valence-corrected chi connectivity index (χ1v) is 8.04. The van der Waals surface area contributed by atoms with Gasteiger partial charge in [-0.25, -0.2) is 0 Å². The van der Waals surface area contributed by atoms with Crippen molar-refractivity contribution in [2.75, 3.05) is 19.6 Å². The summed E-state index contributed by atoms with van der Waals surface area (Å²) >= 11 is 0. The fourth-order valence-corrected chi connectivity index (χ4v) is 3.11. The molecule has 116 valence electrons. The van der Waals surface area contributed by atoms with Crippen molar-refractivity contribution in [2.24, 2.45) is 0 Å². The molecule has 1 aliphatic heterocycles. The minimum atomic E-state index is 0.234. The lowest BCUT2D eigenvalue weighted by atomic mass is 10.0. The number of piperidine rings is 1. The highest BCUT2D eigenvalue weighted by atomic mass is 16.1. The average molecular weight is 297 g/mol. The summed E-state index contributed by atoms with van der Waals surface area (Å²) < 4.78 is 2.08. The molecule has 1 atom stereocenters. The molecule has 0 bridgehead atoms. The molecule has 0 amide bonds. The summed E-state index contributed by atoms with van der Waals surface area (Å²) in [5.41, 5.74) is 2.02. The highest BCUT2D eigenvalue weighted by Crippen LogP contribution is 2.21. The maximum absolute atomic E-state index is 12.2. The number of rotatable bonds is 5. The van der Waals surface area contributed by atoms with Crippen LogP contribution in [0, 0.1) is 6.92 Å². The monoisotopic (exact) mass is 297 g/mol. The Morgan fingerprint density at radius 1 is 1.32 bits per heavy atom. The van der Waals surface area contributed by atoms with Crippen LogP contribution < -0.4 is 0 Å². The van der Waals surface area contributed by atoms with Crippen LogP contribution in [0.3, 0.4) is 0 Å². The number of carbonyl (C=O) groups is 1. The van der Waals surface area contributed by atoms with Crippen LogP contribution in [0.2, 0.25) is 0 Å². The first kappa shape index (κ1) is 15.0. The van der Waals surface area contributed by atoms with Crippen molar-refractivity contribution in [3.63, 3.8) is 0 Å². The first-order valence-electron chi connectivity index (χ1n) is 8.04. The van der Waals surface area contributed by atoms with Crippen LogP contribution in [0.1, 0.15) is 41.2 Å². The van der Waals surface area contributed by atoms with Gasteiger partial charge in [0.2, 0.25) is 0 Å². The van der Waals surface area contributed by atoms with E-state index in [1.807, 2.05) is 36.5 Å². The normalized spacial score (nSPS) is 19.2. The zero-order valence-electron chi connectivity index (χ0n) is 13.1. The highest BCUT2D eigenvalue weighted by molar-refractivity contribution is 5.96. The fraction of sp³-hybridized carbons (Fsp3) is 0.444. The lowest BCUT2D eigenvalue weighted by Crippen LogP contribution is -2.38. The molecule has 1 fully saturated rings. The summed E-state index contributed by atoms with van der Waals surface area (Å²) in [4.78, 5) is 14.6. The summed E-state index contributed by atoms with van der Waals surface area (Å²) in [6.07, 6.45) is 6.96. The molecule has 1 aromatic carbocycles. The Kier molecular flexibility index (Phi) is 4.68. The molecule has 2 aromatic rings. The number of likely N-dealkylation sites (tertiary alicyclic amines) is 1. The molecule has 1 unspecified atom stereocenters. The van der Waals surface area contributed by atoms with Crippen molar-refractivity contribution in [2.45, 2.75) is 32.2 Å². The zero-order chi connectivity index (χ0) is 15.4. The van der Waals surface area contributed by atoms with Crippen molar-refractivity contribution in [1.29, 1.82) is 0 Å². The third kappa shape index (κ3) is 3.63. The number of Topliss-reactive ketones (excluding diaryl/α,β-unsaturated/α-hetero) is 1. The van der Waals surface area contributed by atoms with Gasteiger partial charge in [0.25, 0.3) is 0 Å². The van der Waals surface area contributed by atoms with Gasteiger partial charge in [0.1, 0.15) is 0 Å². The van der Waals surface area contributed by atoms with E-state index in [9.17, 15) is 4.79 Å². The van der Waals surface area contributed by atoms with Gasteiger partial charge in [-0.1, -0.05) is 30.3 Å². The van der Waals surface area contributed by atoms with E-state index >= 15 is 0 Å². The lowest BCUT2D eigenvalue weighted by Gasteiger charge is -2.32. The van der Waals surface area contributed by atoms with Gasteiger partial charge < -0.3 is 4.90 Å². The van der Waals surface area contributed by atoms with E-state index in [1.165, 1.54) is 18.4 Å². The smallest absolute Gasteiger partial charge is 0.164 e. The molecular formula is C18H23N3O. The van der Waals surface area contributed by atoms with Gasteiger partial charge in [-0.15, -0.1) is 0 Å². The van der Waals surface area contributed by atoms with Crippen molar-refractivity contribution < 1.29 is 4.79 Å². The van der Waals surface area contributed by atoms with E-state index in [4.69, 9.17) is 0 Å². The molecule has 0 radical (unpaired) electrons. The van der Waals surface area contributed by atoms with Crippen LogP contribution in [0.15, 0.2) is 42.7 Å². The number of nitrogens with zero attached hydrogens (tertiary/aromatic N) is 3. The third-order valence-corrected chi connectivity index (χ3v) is 4.34. The summed E-state index contributed by atoms with van der Waals surface area (Å²) in [7, 11) is 0. The van der Waals surface area contributed by atoms with Crippen LogP contribution in [0.25, 0.3) is 0 Å². The van der Waals surface area contributed by atoms with Crippen molar-refractivity contribution >= 4 is 5.78 Å². The number of hydrogen-bond donors (Lipinski definition) is 0. The van der Waals surface area contributed by atoms with Crippen LogP contribution in [0.5, 0.6) is 0 Å². The molecular weight excluding hydrogens is 274 g/mol. The second kappa shape index (κ2) is 6.88. The number of carbonyl (C=O) groups excluding carboxylic acids is 1. The van der Waals surface area contributed by atoms with E-state index in [2.05, 4.69) is 27.8 Å². The minimum Gasteiger partial charge on any atom is -0.301 e. The van der Waals surface area contributed by atoms with E-state index in [0.717, 1.165) is 25.2 Å². The second-order valence-electron chi connectivity index (χ2n) is 6.13. The van der Waals surface area contributed by atoms with Gasteiger partial charge in [0.05, 0.1) is 12.2 Å². The van der Waals surface area contributed by atoms with Crippen molar-refractivity contribution in [3.8, 4) is 0 Å². The largest absolute Gasteiger partial charge is 0.301 e. The molecule has 0 spiro atoms. The standard InChI is InChI=1S/C18H23N3O/c1-15-12-19-21(13-15)17-8-5-10-20(14-17)11-9-18(22)16-6-3-2-4-7-16/h2-4,6-7,12-13,17H,5,8-11,14H2,1H3. The van der Waals surface area contributed by atoms with Crippen molar-refractivity contribution in [1.82, 2.24) is 14.7 Å². The zero-order valence-corrected chi connectivity index (χ0v) is 13.1. The minimum absolute atomic E-state index is 0.234. The number of ketones is 1. The first-order chi connectivity index (χ1) is 10.7. The van der Waals surface area contributed by atoms with Gasteiger partial charge in [-0.3, -0.25) is 9.48 Å². The van der Waals surface area contributed by atoms with E-state index in [1.54, 1.807) is 0 Å². The topological polar surface area (TPSA) is 38.1 Å². The molecule has 0 aliphatic carbocycles. The van der Waals surface area contributed by atoms with Gasteiger partial charge >= 0.3 is 0 Å². The molecule has 0 N–H and O–H groups in total. The Balaban J connectivity index is 1.53. The van der Waals surface area contributed by atoms with Gasteiger partial charge in [0.15, 0.2) is 5.78 Å². The van der Waals surface area contributed by atoms with Crippen LogP contribution in [0.4, 0.5) is 0 Å². The van der Waals surface area contributed by atoms with Gasteiger partial charge in [0, 0.05) is 31.3 Å². The third-order valence-electron chi connectivity index (χ3n) is 4.34. The predicted molar refractivity (Wildman–Crippen MR) is 87.1 cm³/mol. The van der Waals surface area contributed by atoms with Crippen LogP contribution >= 0.6 is 0 Å². The van der Waals surface area contributed by atoms with E-state index in [0.29, 0.717) is 12.5 Å². The molecule has 1 saturated heterocycles. The Labute approximate surface area is 131 Å². The Bertz CT molecular complexity index is 620. The number of hydrogen-bond acceptors (Lipinski definition) is 3. The summed E-state index contributed by atoms with van der Waals surface area (Å²) in [5, 5.41) is 4.44. The molecule has 4 nitrogen and oxygen atoms in total. The van der Waals surface area contributed by atoms with Crippen LogP contribution in [-0.4, -0.2) is 40.1 Å². The summed E-state index contributed by atoms with van der Waals surface area (Å²) in [6.45, 7) is 4.98. The van der Waals surface area contributed by atoms with E-state index < -0.39 is 0 Å². The molecule has 3 rings (SSSR count). The average Bonchev–Trinajstić information content (AvgIpc) is 3.00. The van der Waals surface area contributed by atoms with E-state index in [-0.39, 0.29) is 5.78 Å². The maximum Gasteiger partial charge on any atom is 0.164 e. The maximum atomic E-state index is 12.2. The molecule has 2 heterocycles. The summed E-state index contributed by atoms with van der Waals surface area (Å²) in [6, 6.07) is 10.0. The Morgan fingerprint density at radius 2 is 2.14 bits per heavy atom. The van der Waals surface area contributed by atoms with Crippen molar-refractivity contribution in [3.05, 3.63) is 53.9 Å². The summed E-state index contributed by atoms with van der Waals surface area (Å²) in [5.74, 6) is 0.234.